The molecule has 0 spiro atoms. The standard InChI is InChI=1S/C16H22N2OS/c1-3-14(17)15(16-12(2)8-11-20-16)19-10-7-13-6-4-5-9-18-13/h4-6,8-9,11,14-15H,3,7,10,17H2,1-2H3. The second-order valence-corrected chi connectivity index (χ2v) is 5.85. The van der Waals surface area contributed by atoms with Gasteiger partial charge in [0.15, 0.2) is 0 Å². The first-order chi connectivity index (χ1) is 9.72. The summed E-state index contributed by atoms with van der Waals surface area (Å²) in [6, 6.07) is 8.11. The van der Waals surface area contributed by atoms with Gasteiger partial charge in [-0.1, -0.05) is 13.0 Å². The molecule has 2 atom stereocenters. The third-order valence-corrected chi connectivity index (χ3v) is 4.48. The number of hydrogen-bond acceptors (Lipinski definition) is 4. The molecule has 4 heteroatoms. The quantitative estimate of drug-likeness (QED) is 0.849. The average molecular weight is 290 g/mol. The lowest BCUT2D eigenvalue weighted by Gasteiger charge is -2.23. The van der Waals surface area contributed by atoms with Crippen molar-refractivity contribution in [2.75, 3.05) is 6.61 Å². The highest BCUT2D eigenvalue weighted by atomic mass is 32.1. The minimum atomic E-state index is -0.0105. The van der Waals surface area contributed by atoms with Crippen molar-refractivity contribution in [3.63, 3.8) is 0 Å². The number of aromatic nitrogens is 1. The molecule has 0 amide bonds. The first-order valence-corrected chi connectivity index (χ1v) is 7.91. The Morgan fingerprint density at radius 1 is 1.35 bits per heavy atom. The molecule has 2 N–H and O–H groups in total. The number of ether oxygens (including phenoxy) is 1. The number of thiophene rings is 1. The van der Waals surface area contributed by atoms with Crippen LogP contribution >= 0.6 is 11.3 Å². The Morgan fingerprint density at radius 3 is 2.80 bits per heavy atom. The number of pyridine rings is 1. The fourth-order valence-electron chi connectivity index (χ4n) is 2.12. The van der Waals surface area contributed by atoms with Gasteiger partial charge >= 0.3 is 0 Å². The van der Waals surface area contributed by atoms with Crippen molar-refractivity contribution < 1.29 is 4.74 Å². The van der Waals surface area contributed by atoms with E-state index >= 15 is 0 Å². The average Bonchev–Trinajstić information content (AvgIpc) is 2.90. The summed E-state index contributed by atoms with van der Waals surface area (Å²) in [5.74, 6) is 0. The fourth-order valence-corrected chi connectivity index (χ4v) is 3.17. The van der Waals surface area contributed by atoms with Crippen LogP contribution in [-0.2, 0) is 11.2 Å². The summed E-state index contributed by atoms with van der Waals surface area (Å²) in [7, 11) is 0. The van der Waals surface area contributed by atoms with Crippen molar-refractivity contribution in [1.29, 1.82) is 0 Å². The summed E-state index contributed by atoms with van der Waals surface area (Å²) in [6.07, 6.45) is 3.53. The van der Waals surface area contributed by atoms with Gasteiger partial charge in [-0.3, -0.25) is 4.98 Å². The molecule has 0 bridgehead atoms. The van der Waals surface area contributed by atoms with Crippen LogP contribution in [0.5, 0.6) is 0 Å². The zero-order valence-corrected chi connectivity index (χ0v) is 12.9. The molecule has 2 aromatic rings. The lowest BCUT2D eigenvalue weighted by atomic mass is 10.1. The Morgan fingerprint density at radius 2 is 2.20 bits per heavy atom. The van der Waals surface area contributed by atoms with Gasteiger partial charge in [0, 0.05) is 29.2 Å². The van der Waals surface area contributed by atoms with Crippen LogP contribution in [0.4, 0.5) is 0 Å². The Bertz CT molecular complexity index is 512. The number of nitrogens with zero attached hydrogens (tertiary/aromatic N) is 1. The van der Waals surface area contributed by atoms with Gasteiger partial charge in [0.1, 0.15) is 6.10 Å². The molecule has 0 aliphatic carbocycles. The molecule has 2 heterocycles. The first-order valence-electron chi connectivity index (χ1n) is 7.03. The van der Waals surface area contributed by atoms with Crippen molar-refractivity contribution in [1.82, 2.24) is 4.98 Å². The van der Waals surface area contributed by atoms with E-state index in [2.05, 4.69) is 30.3 Å². The lowest BCUT2D eigenvalue weighted by molar-refractivity contribution is 0.0371. The molecular weight excluding hydrogens is 268 g/mol. The summed E-state index contributed by atoms with van der Waals surface area (Å²) in [6.45, 7) is 4.86. The number of hydrogen-bond donors (Lipinski definition) is 1. The highest BCUT2D eigenvalue weighted by Crippen LogP contribution is 2.29. The molecule has 0 aliphatic rings. The largest absolute Gasteiger partial charge is 0.371 e. The van der Waals surface area contributed by atoms with E-state index in [1.165, 1.54) is 10.4 Å². The molecule has 2 aromatic heterocycles. The molecule has 20 heavy (non-hydrogen) atoms. The highest BCUT2D eigenvalue weighted by Gasteiger charge is 2.22. The molecule has 2 rings (SSSR count). The topological polar surface area (TPSA) is 48.1 Å². The third kappa shape index (κ3) is 3.88. The van der Waals surface area contributed by atoms with Crippen LogP contribution in [0.1, 0.15) is 35.6 Å². The van der Waals surface area contributed by atoms with Gasteiger partial charge in [-0.15, -0.1) is 11.3 Å². The van der Waals surface area contributed by atoms with E-state index in [-0.39, 0.29) is 12.1 Å². The van der Waals surface area contributed by atoms with E-state index in [9.17, 15) is 0 Å². The molecule has 2 unspecified atom stereocenters. The van der Waals surface area contributed by atoms with E-state index in [4.69, 9.17) is 10.5 Å². The second-order valence-electron chi connectivity index (χ2n) is 4.90. The molecule has 3 nitrogen and oxygen atoms in total. The molecule has 0 aromatic carbocycles. The second kappa shape index (κ2) is 7.53. The Kier molecular flexibility index (Phi) is 5.71. The van der Waals surface area contributed by atoms with Crippen LogP contribution < -0.4 is 5.73 Å². The van der Waals surface area contributed by atoms with Gasteiger partial charge < -0.3 is 10.5 Å². The van der Waals surface area contributed by atoms with Crippen molar-refractivity contribution in [2.24, 2.45) is 5.73 Å². The molecule has 0 radical (unpaired) electrons. The smallest absolute Gasteiger partial charge is 0.107 e. The summed E-state index contributed by atoms with van der Waals surface area (Å²) < 4.78 is 6.07. The molecule has 0 aliphatic heterocycles. The molecule has 108 valence electrons. The van der Waals surface area contributed by atoms with Crippen LogP contribution in [0.15, 0.2) is 35.8 Å². The van der Waals surface area contributed by atoms with Gasteiger partial charge in [0.25, 0.3) is 0 Å². The molecule has 0 fully saturated rings. The predicted molar refractivity (Wildman–Crippen MR) is 84.0 cm³/mol. The molecular formula is C16H22N2OS. The Hall–Kier alpha value is -1.23. The number of aryl methyl sites for hydroxylation is 1. The molecule has 0 saturated carbocycles. The van der Waals surface area contributed by atoms with Crippen LogP contribution in [0.25, 0.3) is 0 Å². The highest BCUT2D eigenvalue weighted by molar-refractivity contribution is 7.10. The summed E-state index contributed by atoms with van der Waals surface area (Å²) >= 11 is 1.73. The number of rotatable bonds is 7. The first kappa shape index (κ1) is 15.2. The summed E-state index contributed by atoms with van der Waals surface area (Å²) in [5.41, 5.74) is 8.54. The monoisotopic (exact) mass is 290 g/mol. The van der Waals surface area contributed by atoms with Crippen LogP contribution in [0.3, 0.4) is 0 Å². The minimum absolute atomic E-state index is 0.0105. The predicted octanol–water partition coefficient (Wildman–Crippen LogP) is 3.49. The minimum Gasteiger partial charge on any atom is -0.371 e. The van der Waals surface area contributed by atoms with Crippen molar-refractivity contribution in [2.45, 2.75) is 38.8 Å². The van der Waals surface area contributed by atoms with E-state index in [1.807, 2.05) is 24.4 Å². The van der Waals surface area contributed by atoms with E-state index in [0.29, 0.717) is 6.61 Å². The lowest BCUT2D eigenvalue weighted by Crippen LogP contribution is -2.30. The van der Waals surface area contributed by atoms with Gasteiger partial charge in [0.05, 0.1) is 6.61 Å². The van der Waals surface area contributed by atoms with Crippen LogP contribution in [-0.4, -0.2) is 17.6 Å². The third-order valence-electron chi connectivity index (χ3n) is 3.40. The zero-order valence-electron chi connectivity index (χ0n) is 12.1. The van der Waals surface area contributed by atoms with Gasteiger partial charge in [-0.2, -0.15) is 0 Å². The maximum Gasteiger partial charge on any atom is 0.107 e. The summed E-state index contributed by atoms with van der Waals surface area (Å²) in [4.78, 5) is 5.56. The van der Waals surface area contributed by atoms with Gasteiger partial charge in [-0.05, 0) is 42.5 Å². The van der Waals surface area contributed by atoms with E-state index in [1.54, 1.807) is 11.3 Å². The molecule has 0 saturated heterocycles. The zero-order chi connectivity index (χ0) is 14.4. The van der Waals surface area contributed by atoms with Crippen molar-refractivity contribution in [3.8, 4) is 0 Å². The maximum absolute atomic E-state index is 6.22. The van der Waals surface area contributed by atoms with E-state index < -0.39 is 0 Å². The number of nitrogens with two attached hydrogens (primary N) is 1. The fraction of sp³-hybridized carbons (Fsp3) is 0.438. The van der Waals surface area contributed by atoms with Gasteiger partial charge in [0.2, 0.25) is 0 Å². The normalized spacial score (nSPS) is 14.2. The van der Waals surface area contributed by atoms with Gasteiger partial charge in [-0.25, -0.2) is 0 Å². The Labute approximate surface area is 124 Å². The SMILES string of the molecule is CCC(N)C(OCCc1ccccn1)c1sccc1C. The maximum atomic E-state index is 6.22. The van der Waals surface area contributed by atoms with Crippen molar-refractivity contribution >= 4 is 11.3 Å². The van der Waals surface area contributed by atoms with Crippen LogP contribution in [0.2, 0.25) is 0 Å². The van der Waals surface area contributed by atoms with E-state index in [0.717, 1.165) is 18.5 Å². The summed E-state index contributed by atoms with van der Waals surface area (Å²) in [5, 5.41) is 2.10. The Balaban J connectivity index is 1.97. The van der Waals surface area contributed by atoms with Crippen LogP contribution in [0, 0.1) is 6.92 Å². The van der Waals surface area contributed by atoms with Crippen molar-refractivity contribution in [3.05, 3.63) is 52.0 Å².